The number of halogens is 3. The molecule has 0 fully saturated rings. The fourth-order valence-corrected chi connectivity index (χ4v) is 7.85. The maximum atomic E-state index is 2.40. The highest BCUT2D eigenvalue weighted by atomic mass is 128. The van der Waals surface area contributed by atoms with E-state index in [9.17, 15) is 0 Å². The Morgan fingerprint density at radius 3 is 1.56 bits per heavy atom. The molecule has 2 nitrogen and oxygen atoms in total. The molecule has 0 unspecified atom stereocenters. The molecule has 0 aliphatic carbocycles. The van der Waals surface area contributed by atoms with E-state index in [1.165, 1.54) is 56.5 Å². The quantitative estimate of drug-likeness (QED) is 0.153. The van der Waals surface area contributed by atoms with Crippen LogP contribution in [-0.2, 0) is 0 Å². The van der Waals surface area contributed by atoms with Gasteiger partial charge in [0, 0.05) is 59.4 Å². The first-order chi connectivity index (χ1) is 19.3. The summed E-state index contributed by atoms with van der Waals surface area (Å²) in [5.74, 6) is 0. The van der Waals surface area contributed by atoms with Gasteiger partial charge < -0.3 is 9.13 Å². The second kappa shape index (κ2) is 12.3. The molecule has 0 spiro atoms. The minimum atomic E-state index is 1.22. The van der Waals surface area contributed by atoms with E-state index in [1.54, 1.807) is 0 Å². The molecule has 0 aliphatic rings. The Kier molecular flexibility index (Phi) is 8.59. The molecule has 0 amide bonds. The van der Waals surface area contributed by atoms with Crippen molar-refractivity contribution in [2.45, 2.75) is 0 Å². The van der Waals surface area contributed by atoms with Gasteiger partial charge in [0.1, 0.15) is 0 Å². The van der Waals surface area contributed by atoms with Gasteiger partial charge in [-0.25, -0.2) is 0 Å². The summed E-state index contributed by atoms with van der Waals surface area (Å²) in [5.41, 5.74) is 7.62. The summed E-state index contributed by atoms with van der Waals surface area (Å²) in [6.07, 6.45) is 0. The molecular formula is C32H21I3N2S2. The lowest BCUT2D eigenvalue weighted by atomic mass is 10.2. The molecule has 0 saturated carbocycles. The van der Waals surface area contributed by atoms with Crippen LogP contribution in [-0.4, -0.2) is 9.13 Å². The number of hydrogen-bond donors (Lipinski definition) is 0. The Hall–Kier alpha value is -1.93. The van der Waals surface area contributed by atoms with E-state index < -0.39 is 0 Å². The number of benzene rings is 4. The fraction of sp³-hybridized carbons (Fsp3) is 0. The van der Waals surface area contributed by atoms with Gasteiger partial charge in [-0.15, -0.1) is 22.7 Å². The highest BCUT2D eigenvalue weighted by Crippen LogP contribution is 2.38. The first-order valence-corrected chi connectivity index (χ1v) is 21.3. The Bertz CT molecular complexity index is 2000. The van der Waals surface area contributed by atoms with Gasteiger partial charge in [0.2, 0.25) is 0 Å². The van der Waals surface area contributed by atoms with Gasteiger partial charge in [-0.2, -0.15) is 0 Å². The van der Waals surface area contributed by atoms with Crippen LogP contribution in [0.1, 0.15) is 0 Å². The van der Waals surface area contributed by atoms with Crippen LogP contribution in [0.4, 0.5) is 0 Å². The minimum Gasteiger partial charge on any atom is -0.308 e. The zero-order chi connectivity index (χ0) is 26.8. The fourth-order valence-electron chi connectivity index (χ4n) is 5.08. The van der Waals surface area contributed by atoms with Crippen LogP contribution >= 0.6 is 82.5 Å². The van der Waals surface area contributed by atoms with Crippen LogP contribution < -0.4 is 0 Å². The topological polar surface area (TPSA) is 9.86 Å². The van der Waals surface area contributed by atoms with Crippen LogP contribution in [0.3, 0.4) is 0 Å². The van der Waals surface area contributed by atoms with Crippen molar-refractivity contribution in [2.75, 3.05) is 0 Å². The number of hydrogen-bond acceptors (Lipinski definition) is 2. The van der Waals surface area contributed by atoms with E-state index in [0.717, 1.165) is 0 Å². The van der Waals surface area contributed by atoms with Crippen LogP contribution in [0.5, 0.6) is 0 Å². The third-order valence-electron chi connectivity index (χ3n) is 6.62. The number of aromatic nitrogens is 2. The molecule has 0 atom stereocenters. The van der Waals surface area contributed by atoms with E-state index in [-0.39, 0.29) is 0 Å². The molecule has 4 heterocycles. The van der Waals surface area contributed by atoms with Crippen molar-refractivity contribution in [1.29, 1.82) is 0 Å². The van der Waals surface area contributed by atoms with Crippen LogP contribution in [0.25, 0.3) is 53.6 Å². The van der Waals surface area contributed by atoms with Crippen molar-refractivity contribution < 1.29 is 0 Å². The molecule has 192 valence electrons. The maximum absolute atomic E-state index is 2.40. The molecule has 4 aromatic heterocycles. The summed E-state index contributed by atoms with van der Waals surface area (Å²) in [6.45, 7) is 0. The van der Waals surface area contributed by atoms with Crippen LogP contribution in [0, 0.1) is 2.88 Å². The van der Waals surface area contributed by atoms with E-state index in [1.807, 2.05) is 22.7 Å². The molecular weight excluding hydrogens is 857 g/mol. The molecule has 8 rings (SSSR count). The molecule has 8 aromatic rings. The smallest absolute Gasteiger partial charge is 0.0681 e. The van der Waals surface area contributed by atoms with Gasteiger partial charge >= 0.3 is 0 Å². The van der Waals surface area contributed by atoms with Crippen LogP contribution in [0.15, 0.2) is 127 Å². The molecule has 0 N–H and O–H groups in total. The number of rotatable bonds is 2. The van der Waals surface area contributed by atoms with Crippen molar-refractivity contribution in [2.24, 2.45) is 0 Å². The summed E-state index contributed by atoms with van der Waals surface area (Å²) in [4.78, 5) is 0. The zero-order valence-electron chi connectivity index (χ0n) is 20.5. The van der Waals surface area contributed by atoms with Gasteiger partial charge in [-0.3, -0.25) is 0 Å². The molecule has 39 heavy (non-hydrogen) atoms. The number of para-hydroxylation sites is 4. The van der Waals surface area contributed by atoms with Gasteiger partial charge in [-0.1, -0.05) is 72.8 Å². The summed E-state index contributed by atoms with van der Waals surface area (Å²) in [5, 5.41) is 4.84. The Labute approximate surface area is 271 Å². The molecule has 4 aromatic carbocycles. The summed E-state index contributed by atoms with van der Waals surface area (Å²) >= 11 is 10.3. The second-order valence-electron chi connectivity index (χ2n) is 8.78. The Balaban J connectivity index is 0.000000134. The Morgan fingerprint density at radius 2 is 0.974 bits per heavy atom. The first-order valence-electron chi connectivity index (χ1n) is 12.2. The third kappa shape index (κ3) is 5.16. The molecule has 0 radical (unpaired) electrons. The molecule has 7 heteroatoms. The second-order valence-corrected chi connectivity index (χ2v) is 12.6. The summed E-state index contributed by atoms with van der Waals surface area (Å²) < 4.78 is 8.76. The average molecular weight is 878 g/mol. The number of thiophene rings is 2. The summed E-state index contributed by atoms with van der Waals surface area (Å²) in [6, 6.07) is 42.8. The molecule has 0 aliphatic heterocycles. The van der Waals surface area contributed by atoms with E-state index in [0.29, 0.717) is 0 Å². The van der Waals surface area contributed by atoms with Crippen molar-refractivity contribution in [3.05, 3.63) is 130 Å². The van der Waals surface area contributed by atoms with E-state index in [4.69, 9.17) is 0 Å². The first kappa shape index (κ1) is 27.3. The lowest BCUT2D eigenvalue weighted by Crippen LogP contribution is -1.91. The van der Waals surface area contributed by atoms with E-state index in [2.05, 4.69) is 196 Å². The highest BCUT2D eigenvalue weighted by Gasteiger charge is 2.14. The zero-order valence-corrected chi connectivity index (χ0v) is 28.6. The van der Waals surface area contributed by atoms with Gasteiger partial charge in [0.05, 0.1) is 34.4 Å². The molecule has 0 bridgehead atoms. The predicted octanol–water partition coefficient (Wildman–Crippen LogP) is 12.1. The minimum absolute atomic E-state index is 1.22. The SMILES string of the molecule is II.Ic1cc2c(s1)c1ccccc1n2-c1ccccc1.c1ccc(-n2c3ccccc3c3sccc32)cc1. The van der Waals surface area contributed by atoms with Gasteiger partial charge in [-0.05, 0) is 76.5 Å². The maximum Gasteiger partial charge on any atom is 0.0681 e. The monoisotopic (exact) mass is 878 g/mol. The predicted molar refractivity (Wildman–Crippen MR) is 198 cm³/mol. The normalized spacial score (nSPS) is 10.9. The average Bonchev–Trinajstić information content (AvgIpc) is 3.75. The third-order valence-corrected chi connectivity index (χ3v) is 9.47. The lowest BCUT2D eigenvalue weighted by molar-refractivity contribution is 1.18. The van der Waals surface area contributed by atoms with Crippen molar-refractivity contribution in [3.8, 4) is 11.4 Å². The largest absolute Gasteiger partial charge is 0.308 e. The van der Waals surface area contributed by atoms with Crippen LogP contribution in [0.2, 0.25) is 0 Å². The van der Waals surface area contributed by atoms with Crippen molar-refractivity contribution in [1.82, 2.24) is 9.13 Å². The molecule has 0 saturated heterocycles. The number of fused-ring (bicyclic) bond motifs is 6. The van der Waals surface area contributed by atoms with Crippen molar-refractivity contribution in [3.63, 3.8) is 0 Å². The Morgan fingerprint density at radius 1 is 0.487 bits per heavy atom. The van der Waals surface area contributed by atoms with Crippen molar-refractivity contribution >= 4 is 125 Å². The lowest BCUT2D eigenvalue weighted by Gasteiger charge is -2.06. The van der Waals surface area contributed by atoms with Gasteiger partial charge in [0.25, 0.3) is 0 Å². The highest BCUT2D eigenvalue weighted by molar-refractivity contribution is 15.0. The number of nitrogens with zero attached hydrogens (tertiary/aromatic N) is 2. The summed E-state index contributed by atoms with van der Waals surface area (Å²) in [7, 11) is 0. The van der Waals surface area contributed by atoms with E-state index >= 15 is 0 Å². The van der Waals surface area contributed by atoms with Gasteiger partial charge in [0.15, 0.2) is 0 Å². The standard InChI is InChI=1S/C16H10INS.C16H11NS.I2/c17-15-10-14-16(19-15)12-8-4-5-9-13(12)18(14)11-6-2-1-3-7-11;1-2-6-12(7-3-1)17-14-9-5-4-8-13(14)16-15(17)10-11-18-16;1-2/h1-10H;1-11H;.